The molecule has 10 aromatic carbocycles. The van der Waals surface area contributed by atoms with E-state index in [1.54, 1.807) is 0 Å². The van der Waals surface area contributed by atoms with Crippen molar-refractivity contribution in [2.45, 2.75) is 38.5 Å². The van der Waals surface area contributed by atoms with E-state index in [9.17, 15) is 0 Å². The van der Waals surface area contributed by atoms with E-state index in [4.69, 9.17) is 4.42 Å². The van der Waals surface area contributed by atoms with Gasteiger partial charge in [-0.05, 0) is 156 Å². The molecule has 1 heterocycles. The van der Waals surface area contributed by atoms with Crippen LogP contribution in [-0.2, 0) is 10.8 Å². The number of para-hydroxylation sites is 1. The Morgan fingerprint density at radius 1 is 0.279 bits per heavy atom. The van der Waals surface area contributed by atoms with Crippen molar-refractivity contribution in [3.63, 3.8) is 0 Å². The van der Waals surface area contributed by atoms with Crippen LogP contribution in [0.2, 0.25) is 0 Å². The van der Waals surface area contributed by atoms with Gasteiger partial charge in [-0.15, -0.1) is 0 Å². The Morgan fingerprint density at radius 3 is 1.16 bits per heavy atom. The second kappa shape index (κ2) is 15.2. The van der Waals surface area contributed by atoms with Gasteiger partial charge in [0.25, 0.3) is 0 Å². The van der Waals surface area contributed by atoms with Crippen LogP contribution in [-0.4, -0.2) is 0 Å². The van der Waals surface area contributed by atoms with E-state index in [0.29, 0.717) is 0 Å². The lowest BCUT2D eigenvalue weighted by molar-refractivity contribution is 0.660. The Labute approximate surface area is 398 Å². The van der Waals surface area contributed by atoms with E-state index < -0.39 is 0 Å². The van der Waals surface area contributed by atoms with E-state index in [2.05, 4.69) is 245 Å². The number of benzene rings is 10. The Morgan fingerprint density at radius 2 is 0.632 bits per heavy atom. The number of hydrogen-bond acceptors (Lipinski definition) is 2. The monoisotopic (exact) mass is 871 g/mol. The molecule has 0 radical (unpaired) electrons. The highest BCUT2D eigenvalue weighted by atomic mass is 16.3. The minimum atomic E-state index is -0.191. The summed E-state index contributed by atoms with van der Waals surface area (Å²) >= 11 is 0. The lowest BCUT2D eigenvalue weighted by Crippen LogP contribution is -2.18. The van der Waals surface area contributed by atoms with Gasteiger partial charge in [-0.1, -0.05) is 185 Å². The van der Waals surface area contributed by atoms with Gasteiger partial charge in [-0.25, -0.2) is 0 Å². The molecule has 0 saturated heterocycles. The van der Waals surface area contributed by atoms with Crippen LogP contribution in [0.1, 0.15) is 49.9 Å². The minimum Gasteiger partial charge on any atom is -0.456 e. The molecule has 11 aromatic rings. The smallest absolute Gasteiger partial charge is 0.135 e. The highest BCUT2D eigenvalue weighted by Crippen LogP contribution is 2.54. The molecule has 324 valence electrons. The molecule has 2 nitrogen and oxygen atoms in total. The van der Waals surface area contributed by atoms with Crippen molar-refractivity contribution in [2.75, 3.05) is 4.90 Å². The number of anilines is 3. The van der Waals surface area contributed by atoms with Crippen LogP contribution >= 0.6 is 0 Å². The summed E-state index contributed by atoms with van der Waals surface area (Å²) in [7, 11) is 0. The van der Waals surface area contributed by atoms with Gasteiger partial charge in [0.15, 0.2) is 0 Å². The third kappa shape index (κ3) is 6.32. The molecule has 0 bridgehead atoms. The van der Waals surface area contributed by atoms with Crippen molar-refractivity contribution in [3.8, 4) is 66.8 Å². The third-order valence-electron chi connectivity index (χ3n) is 15.1. The van der Waals surface area contributed by atoms with Gasteiger partial charge in [0, 0.05) is 38.7 Å². The zero-order valence-electron chi connectivity index (χ0n) is 38.7. The van der Waals surface area contributed by atoms with Gasteiger partial charge in [0.2, 0.25) is 0 Å². The number of hydrogen-bond donors (Lipinski definition) is 0. The summed E-state index contributed by atoms with van der Waals surface area (Å²) in [5, 5.41) is 2.29. The van der Waals surface area contributed by atoms with E-state index in [1.165, 1.54) is 89.0 Å². The van der Waals surface area contributed by atoms with Crippen LogP contribution in [0.15, 0.2) is 229 Å². The summed E-state index contributed by atoms with van der Waals surface area (Å²) in [5.41, 5.74) is 25.3. The SMILES string of the molecule is CC1(C)c2cc(-c3ccccc3)ccc2-c2ccc(N(c3ccc(-c4ccc(-c5ccc6oc7ccccc7c6c5)cc4)cc3)c3ccc4c(c3)C(C)(C)c3cc(-c5ccccc5)ccc3-4)cc21. The number of nitrogens with zero attached hydrogens (tertiary/aromatic N) is 1. The maximum absolute atomic E-state index is 6.12. The number of fused-ring (bicyclic) bond motifs is 9. The maximum Gasteiger partial charge on any atom is 0.135 e. The molecule has 0 saturated carbocycles. The van der Waals surface area contributed by atoms with Gasteiger partial charge in [0.1, 0.15) is 11.2 Å². The summed E-state index contributed by atoms with van der Waals surface area (Å²) in [5.74, 6) is 0. The normalized spacial score (nSPS) is 13.8. The Kier molecular flexibility index (Phi) is 8.95. The van der Waals surface area contributed by atoms with Crippen molar-refractivity contribution in [3.05, 3.63) is 247 Å². The van der Waals surface area contributed by atoms with Crippen LogP contribution < -0.4 is 4.90 Å². The number of rotatable bonds is 7. The Hall–Kier alpha value is -8.20. The highest BCUT2D eigenvalue weighted by molar-refractivity contribution is 6.06. The molecule has 2 aliphatic carbocycles. The summed E-state index contributed by atoms with van der Waals surface area (Å²) in [6.07, 6.45) is 0. The molecule has 0 aliphatic heterocycles. The molecule has 0 spiro atoms. The lowest BCUT2D eigenvalue weighted by atomic mass is 9.81. The Balaban J connectivity index is 0.883. The molecule has 0 amide bonds. The fourth-order valence-corrected chi connectivity index (χ4v) is 11.4. The number of furan rings is 1. The second-order valence-electron chi connectivity index (χ2n) is 19.7. The van der Waals surface area contributed by atoms with Crippen molar-refractivity contribution in [1.29, 1.82) is 0 Å². The van der Waals surface area contributed by atoms with E-state index in [0.717, 1.165) is 39.0 Å². The summed E-state index contributed by atoms with van der Waals surface area (Å²) in [4.78, 5) is 2.46. The van der Waals surface area contributed by atoms with Crippen molar-refractivity contribution >= 4 is 39.0 Å². The first kappa shape index (κ1) is 40.1. The van der Waals surface area contributed by atoms with Crippen LogP contribution in [0.3, 0.4) is 0 Å². The maximum atomic E-state index is 6.12. The molecular weight excluding hydrogens is 823 g/mol. The van der Waals surface area contributed by atoms with Gasteiger partial charge in [-0.3, -0.25) is 0 Å². The topological polar surface area (TPSA) is 16.4 Å². The molecule has 13 rings (SSSR count). The molecule has 0 fully saturated rings. The van der Waals surface area contributed by atoms with Crippen molar-refractivity contribution in [1.82, 2.24) is 0 Å². The second-order valence-corrected chi connectivity index (χ2v) is 19.7. The average molecular weight is 872 g/mol. The van der Waals surface area contributed by atoms with E-state index in [1.807, 2.05) is 12.1 Å². The molecule has 1 aromatic heterocycles. The minimum absolute atomic E-state index is 0.191. The standard InChI is InChI=1S/C66H49NO/c1-65(2)59-38-48(42-13-7-5-8-14-42)25-32-53(59)55-34-30-51(40-61(55)65)67(52-31-35-56-54-33-26-49(43-15-9-6-10-16-43)39-60(54)66(3,4)62(56)41-52)50-28-23-45(24-29-50)44-19-21-46(22-20-44)47-27-36-64-58(37-47)57-17-11-12-18-63(57)68-64/h5-41H,1-4H3. The van der Waals surface area contributed by atoms with Gasteiger partial charge in [-0.2, -0.15) is 0 Å². The van der Waals surface area contributed by atoms with Gasteiger partial charge < -0.3 is 9.32 Å². The molecule has 0 N–H and O–H groups in total. The van der Waals surface area contributed by atoms with Crippen molar-refractivity contribution < 1.29 is 4.42 Å². The molecule has 2 aliphatic rings. The molecule has 0 atom stereocenters. The highest BCUT2D eigenvalue weighted by Gasteiger charge is 2.38. The summed E-state index contributed by atoms with van der Waals surface area (Å²) in [6, 6.07) is 82.7. The fourth-order valence-electron chi connectivity index (χ4n) is 11.4. The molecular formula is C66H49NO. The van der Waals surface area contributed by atoms with Crippen molar-refractivity contribution in [2.24, 2.45) is 0 Å². The van der Waals surface area contributed by atoms with Crippen LogP contribution in [0, 0.1) is 0 Å². The molecule has 0 unspecified atom stereocenters. The van der Waals surface area contributed by atoms with Crippen LogP contribution in [0.25, 0.3) is 88.7 Å². The summed E-state index contributed by atoms with van der Waals surface area (Å²) in [6.45, 7) is 9.54. The van der Waals surface area contributed by atoms with Crippen LogP contribution in [0.5, 0.6) is 0 Å². The molecule has 2 heteroatoms. The predicted octanol–water partition coefficient (Wildman–Crippen LogP) is 18.3. The summed E-state index contributed by atoms with van der Waals surface area (Å²) < 4.78 is 6.12. The zero-order valence-corrected chi connectivity index (χ0v) is 38.7. The first-order valence-corrected chi connectivity index (χ1v) is 23.8. The quantitative estimate of drug-likeness (QED) is 0.159. The first-order valence-electron chi connectivity index (χ1n) is 23.8. The molecule has 68 heavy (non-hydrogen) atoms. The lowest BCUT2D eigenvalue weighted by Gasteiger charge is -2.30. The largest absolute Gasteiger partial charge is 0.456 e. The van der Waals surface area contributed by atoms with Crippen LogP contribution in [0.4, 0.5) is 17.1 Å². The Bertz CT molecular complexity index is 3610. The van der Waals surface area contributed by atoms with Gasteiger partial charge in [0.05, 0.1) is 0 Å². The third-order valence-corrected chi connectivity index (χ3v) is 15.1. The van der Waals surface area contributed by atoms with Gasteiger partial charge >= 0.3 is 0 Å². The average Bonchev–Trinajstić information content (AvgIpc) is 3.95. The fraction of sp³-hybridized carbons (Fsp3) is 0.0909. The predicted molar refractivity (Wildman–Crippen MR) is 285 cm³/mol. The van der Waals surface area contributed by atoms with E-state index in [-0.39, 0.29) is 10.8 Å². The first-order chi connectivity index (χ1) is 33.2. The van der Waals surface area contributed by atoms with E-state index >= 15 is 0 Å². The zero-order chi connectivity index (χ0) is 45.7.